The number of amides is 1. The lowest BCUT2D eigenvalue weighted by Crippen LogP contribution is -2.27. The third-order valence-electron chi connectivity index (χ3n) is 3.84. The molecule has 1 amide bonds. The number of nitrogens with one attached hydrogen (secondary N) is 2. The van der Waals surface area contributed by atoms with Crippen LogP contribution in [0.15, 0.2) is 11.4 Å². The molecule has 2 N–H and O–H groups in total. The maximum Gasteiger partial charge on any atom is 0.220 e. The Bertz CT molecular complexity index is 742. The highest BCUT2D eigenvalue weighted by molar-refractivity contribution is 7.99. The van der Waals surface area contributed by atoms with Crippen molar-refractivity contribution in [2.75, 3.05) is 43.3 Å². The van der Waals surface area contributed by atoms with Crippen LogP contribution in [0.4, 0.5) is 5.82 Å². The number of rotatable bonds is 14. The van der Waals surface area contributed by atoms with Crippen LogP contribution in [0.1, 0.15) is 33.1 Å². The van der Waals surface area contributed by atoms with Crippen molar-refractivity contribution in [2.45, 2.75) is 44.8 Å². The van der Waals surface area contributed by atoms with E-state index in [1.165, 1.54) is 0 Å². The summed E-state index contributed by atoms with van der Waals surface area (Å²) in [4.78, 5) is 21.1. The lowest BCUT2D eigenvalue weighted by atomic mass is 10.3. The fourth-order valence-electron chi connectivity index (χ4n) is 2.49. The number of carbonyl (C=O) groups is 1. The number of fused-ring (bicyclic) bond motifs is 1. The van der Waals surface area contributed by atoms with E-state index in [0.29, 0.717) is 51.6 Å². The van der Waals surface area contributed by atoms with E-state index < -0.39 is 0 Å². The van der Waals surface area contributed by atoms with Crippen LogP contribution in [0, 0.1) is 0 Å². The Morgan fingerprint density at radius 1 is 1.32 bits per heavy atom. The Hall–Kier alpha value is -1.58. The summed E-state index contributed by atoms with van der Waals surface area (Å²) in [5, 5.41) is 12.3. The molecule has 2 aromatic heterocycles. The first-order valence-corrected chi connectivity index (χ1v) is 11.2. The number of anilines is 1. The minimum Gasteiger partial charge on any atom is -0.380 e. The van der Waals surface area contributed by atoms with Gasteiger partial charge in [-0.2, -0.15) is 5.10 Å². The van der Waals surface area contributed by atoms with Crippen molar-refractivity contribution >= 4 is 46.1 Å². The van der Waals surface area contributed by atoms with Gasteiger partial charge in [0.05, 0.1) is 24.7 Å². The predicted molar refractivity (Wildman–Crippen MR) is 114 cm³/mol. The van der Waals surface area contributed by atoms with Gasteiger partial charge in [0.2, 0.25) is 5.91 Å². The highest BCUT2D eigenvalue weighted by atomic mass is 35.5. The fourth-order valence-corrected chi connectivity index (χ4v) is 3.32. The first kappa shape index (κ1) is 22.7. The number of carbonyl (C=O) groups excluding carboxylic acids is 1. The van der Waals surface area contributed by atoms with Gasteiger partial charge in [0.15, 0.2) is 10.8 Å². The van der Waals surface area contributed by atoms with Crippen molar-refractivity contribution < 1.29 is 9.53 Å². The summed E-state index contributed by atoms with van der Waals surface area (Å²) in [6, 6.07) is 0. The molecule has 0 radical (unpaired) electrons. The van der Waals surface area contributed by atoms with E-state index in [1.807, 2.05) is 11.6 Å². The maximum atomic E-state index is 11.7. The number of ether oxygens (including phenoxy) is 1. The molecule has 0 aromatic carbocycles. The van der Waals surface area contributed by atoms with Crippen LogP contribution in [-0.4, -0.2) is 63.6 Å². The second-order valence-electron chi connectivity index (χ2n) is 6.07. The Morgan fingerprint density at radius 3 is 2.93 bits per heavy atom. The summed E-state index contributed by atoms with van der Waals surface area (Å²) in [5.74, 6) is 2.21. The quantitative estimate of drug-likeness (QED) is 0.207. The molecular weight excluding hydrogens is 400 g/mol. The lowest BCUT2D eigenvalue weighted by molar-refractivity contribution is -0.121. The zero-order valence-electron chi connectivity index (χ0n) is 16.5. The summed E-state index contributed by atoms with van der Waals surface area (Å²) in [6.07, 6.45) is 3.94. The number of alkyl halides is 1. The van der Waals surface area contributed by atoms with E-state index in [0.717, 1.165) is 34.2 Å². The monoisotopic (exact) mass is 428 g/mol. The van der Waals surface area contributed by atoms with Crippen molar-refractivity contribution in [3.05, 3.63) is 6.20 Å². The first-order valence-electron chi connectivity index (χ1n) is 9.70. The molecule has 0 fully saturated rings. The van der Waals surface area contributed by atoms with Crippen molar-refractivity contribution in [3.63, 3.8) is 0 Å². The molecule has 10 heteroatoms. The lowest BCUT2D eigenvalue weighted by Gasteiger charge is -2.10. The minimum absolute atomic E-state index is 0.00390. The van der Waals surface area contributed by atoms with Crippen LogP contribution >= 0.6 is 23.4 Å². The van der Waals surface area contributed by atoms with Gasteiger partial charge in [-0.25, -0.2) is 14.6 Å². The summed E-state index contributed by atoms with van der Waals surface area (Å²) in [5.41, 5.74) is 0.766. The van der Waals surface area contributed by atoms with Crippen LogP contribution in [-0.2, 0) is 16.1 Å². The average molecular weight is 429 g/mol. The minimum atomic E-state index is 0.00390. The molecule has 8 nitrogen and oxygen atoms in total. The van der Waals surface area contributed by atoms with Gasteiger partial charge < -0.3 is 15.4 Å². The third-order valence-corrected chi connectivity index (χ3v) is 5.16. The van der Waals surface area contributed by atoms with Crippen LogP contribution in [0.3, 0.4) is 0 Å². The highest BCUT2D eigenvalue weighted by Crippen LogP contribution is 2.24. The van der Waals surface area contributed by atoms with Gasteiger partial charge in [-0.15, -0.1) is 11.6 Å². The number of aromatic nitrogens is 4. The molecule has 0 spiro atoms. The molecule has 0 unspecified atom stereocenters. The highest BCUT2D eigenvalue weighted by Gasteiger charge is 2.13. The summed E-state index contributed by atoms with van der Waals surface area (Å²) >= 11 is 7.25. The normalized spacial score (nSPS) is 11.1. The Kier molecular flexibility index (Phi) is 10.4. The Morgan fingerprint density at radius 2 is 2.18 bits per heavy atom. The van der Waals surface area contributed by atoms with E-state index >= 15 is 0 Å². The number of hydrogen-bond donors (Lipinski definition) is 2. The first-order chi connectivity index (χ1) is 13.7. The standard InChI is InChI=1S/C18H29ClN6O2S/c1-3-12-28-18-23-16(21-9-11-27-4-2)14-13-22-25(17(14)24-18)10-8-20-15(26)6-5-7-19/h13H,3-12H2,1-2H3,(H,20,26)(H,21,23,24). The van der Waals surface area contributed by atoms with Gasteiger partial charge in [-0.05, 0) is 19.8 Å². The SMILES string of the molecule is CCCSc1nc(NCCOCC)c2cnn(CCNC(=O)CCCCl)c2n1. The molecule has 0 aliphatic carbocycles. The molecule has 156 valence electrons. The summed E-state index contributed by atoms with van der Waals surface area (Å²) in [6.45, 7) is 7.11. The molecular formula is C18H29ClN6O2S. The van der Waals surface area contributed by atoms with Gasteiger partial charge in [-0.1, -0.05) is 18.7 Å². The summed E-state index contributed by atoms with van der Waals surface area (Å²) < 4.78 is 7.20. The van der Waals surface area contributed by atoms with E-state index in [4.69, 9.17) is 16.3 Å². The molecule has 0 atom stereocenters. The van der Waals surface area contributed by atoms with Crippen LogP contribution in [0.5, 0.6) is 0 Å². The number of halogens is 1. The molecule has 0 aliphatic rings. The van der Waals surface area contributed by atoms with Gasteiger partial charge in [0, 0.05) is 37.8 Å². The van der Waals surface area contributed by atoms with Crippen molar-refractivity contribution in [2.24, 2.45) is 0 Å². The van der Waals surface area contributed by atoms with E-state index in [1.54, 1.807) is 18.0 Å². The number of thioether (sulfide) groups is 1. The molecule has 0 aliphatic heterocycles. The fraction of sp³-hybridized carbons (Fsp3) is 0.667. The molecule has 28 heavy (non-hydrogen) atoms. The van der Waals surface area contributed by atoms with Gasteiger partial charge >= 0.3 is 0 Å². The number of hydrogen-bond acceptors (Lipinski definition) is 7. The Labute approximate surface area is 175 Å². The van der Waals surface area contributed by atoms with Gasteiger partial charge in [0.1, 0.15) is 5.82 Å². The number of nitrogens with zero attached hydrogens (tertiary/aromatic N) is 4. The van der Waals surface area contributed by atoms with E-state index in [9.17, 15) is 4.79 Å². The second-order valence-corrected chi connectivity index (χ2v) is 7.51. The molecule has 2 aromatic rings. The maximum absolute atomic E-state index is 11.7. The smallest absolute Gasteiger partial charge is 0.220 e. The van der Waals surface area contributed by atoms with Crippen molar-refractivity contribution in [1.29, 1.82) is 0 Å². The predicted octanol–water partition coefficient (Wildman–Crippen LogP) is 2.91. The van der Waals surface area contributed by atoms with E-state index in [-0.39, 0.29) is 5.91 Å². The second kappa shape index (κ2) is 12.8. The van der Waals surface area contributed by atoms with Crippen molar-refractivity contribution in [1.82, 2.24) is 25.1 Å². The third kappa shape index (κ3) is 7.10. The van der Waals surface area contributed by atoms with Crippen LogP contribution in [0.2, 0.25) is 0 Å². The average Bonchev–Trinajstić information content (AvgIpc) is 3.11. The molecule has 2 heterocycles. The van der Waals surface area contributed by atoms with Gasteiger partial charge in [0.25, 0.3) is 0 Å². The molecule has 0 saturated heterocycles. The van der Waals surface area contributed by atoms with Crippen molar-refractivity contribution in [3.8, 4) is 0 Å². The van der Waals surface area contributed by atoms with E-state index in [2.05, 4.69) is 32.6 Å². The Balaban J connectivity index is 2.10. The topological polar surface area (TPSA) is 94.0 Å². The zero-order valence-corrected chi connectivity index (χ0v) is 18.1. The summed E-state index contributed by atoms with van der Waals surface area (Å²) in [7, 11) is 0. The van der Waals surface area contributed by atoms with Gasteiger partial charge in [-0.3, -0.25) is 4.79 Å². The van der Waals surface area contributed by atoms with Crippen LogP contribution < -0.4 is 10.6 Å². The molecule has 0 bridgehead atoms. The molecule has 2 rings (SSSR count). The largest absolute Gasteiger partial charge is 0.380 e. The van der Waals surface area contributed by atoms with Crippen LogP contribution in [0.25, 0.3) is 11.0 Å². The zero-order chi connectivity index (χ0) is 20.2. The molecule has 0 saturated carbocycles.